The Kier molecular flexibility index (Phi) is 4.63. The molecule has 0 amide bonds. The van der Waals surface area contributed by atoms with E-state index in [0.717, 1.165) is 22.8 Å². The Morgan fingerprint density at radius 1 is 0.643 bits per heavy atom. The maximum atomic E-state index is 14.1. The summed E-state index contributed by atoms with van der Waals surface area (Å²) < 4.78 is 41.2. The lowest BCUT2D eigenvalue weighted by Crippen LogP contribution is -1.87. The normalized spacial score (nSPS) is 10.6. The van der Waals surface area contributed by atoms with Crippen LogP contribution in [0.3, 0.4) is 0 Å². The van der Waals surface area contributed by atoms with Crippen molar-refractivity contribution in [3.8, 4) is 23.0 Å². The molecule has 0 N–H and O–H groups in total. The second-order valence-electron chi connectivity index (χ2n) is 6.61. The highest BCUT2D eigenvalue weighted by Gasteiger charge is 2.07. The second-order valence-corrected chi connectivity index (χ2v) is 6.61. The summed E-state index contributed by atoms with van der Waals surface area (Å²) in [6, 6.07) is 20.0. The van der Waals surface area contributed by atoms with Crippen molar-refractivity contribution in [2.24, 2.45) is 0 Å². The van der Waals surface area contributed by atoms with E-state index in [1.165, 1.54) is 18.2 Å². The van der Waals surface area contributed by atoms with Gasteiger partial charge in [0, 0.05) is 22.1 Å². The molecule has 136 valence electrons. The van der Waals surface area contributed by atoms with E-state index in [1.54, 1.807) is 18.2 Å². The lowest BCUT2D eigenvalue weighted by atomic mass is 10.0. The predicted octanol–water partition coefficient (Wildman–Crippen LogP) is 6.63. The first kappa shape index (κ1) is 17.9. The second kappa shape index (κ2) is 7.25. The van der Waals surface area contributed by atoms with E-state index >= 15 is 0 Å². The summed E-state index contributed by atoms with van der Waals surface area (Å²) in [7, 11) is 0. The van der Waals surface area contributed by atoms with Gasteiger partial charge in [-0.2, -0.15) is 0 Å². The first-order chi connectivity index (χ1) is 13.5. The highest BCUT2D eigenvalue weighted by atomic mass is 19.2. The summed E-state index contributed by atoms with van der Waals surface area (Å²) in [5, 5.41) is 0.825. The van der Waals surface area contributed by atoms with Crippen LogP contribution in [0.2, 0.25) is 0 Å². The lowest BCUT2D eigenvalue weighted by Gasteiger charge is -2.04. The Hall–Kier alpha value is -3.51. The van der Waals surface area contributed by atoms with E-state index in [0.29, 0.717) is 16.5 Å². The molecular formula is C25H15F3. The van der Waals surface area contributed by atoms with Gasteiger partial charge in [-0.3, -0.25) is 0 Å². The van der Waals surface area contributed by atoms with Crippen LogP contribution >= 0.6 is 0 Å². The number of fused-ring (bicyclic) bond motifs is 1. The minimum atomic E-state index is -0.864. The third kappa shape index (κ3) is 3.50. The van der Waals surface area contributed by atoms with E-state index in [-0.39, 0.29) is 11.2 Å². The Bertz CT molecular complexity index is 1240. The SMILES string of the molecule is Cc1ccc(-c2ccc(C#Cc3ccc4c(F)c(F)ccc4c3)cc2)c(F)c1. The van der Waals surface area contributed by atoms with Gasteiger partial charge in [0.15, 0.2) is 11.6 Å². The number of hydrogen-bond donors (Lipinski definition) is 0. The van der Waals surface area contributed by atoms with Crippen molar-refractivity contribution in [1.29, 1.82) is 0 Å². The first-order valence-electron chi connectivity index (χ1n) is 8.78. The van der Waals surface area contributed by atoms with Gasteiger partial charge in [0.1, 0.15) is 5.82 Å². The Morgan fingerprint density at radius 3 is 2.11 bits per heavy atom. The molecule has 0 radical (unpaired) electrons. The fourth-order valence-electron chi connectivity index (χ4n) is 3.07. The van der Waals surface area contributed by atoms with Gasteiger partial charge < -0.3 is 0 Å². The van der Waals surface area contributed by atoms with Crippen LogP contribution in [0.4, 0.5) is 13.2 Å². The molecule has 0 heterocycles. The summed E-state index contributed by atoms with van der Waals surface area (Å²) in [6.07, 6.45) is 0. The molecule has 0 aliphatic carbocycles. The summed E-state index contributed by atoms with van der Waals surface area (Å²) in [5.41, 5.74) is 3.69. The molecule has 0 aromatic heterocycles. The van der Waals surface area contributed by atoms with E-state index in [9.17, 15) is 13.2 Å². The van der Waals surface area contributed by atoms with Crippen molar-refractivity contribution < 1.29 is 13.2 Å². The van der Waals surface area contributed by atoms with Crippen molar-refractivity contribution in [1.82, 2.24) is 0 Å². The summed E-state index contributed by atoms with van der Waals surface area (Å²) in [6.45, 7) is 1.85. The standard InChI is InChI=1S/C25H15F3/c1-16-2-11-21(24(27)14-16)19-8-5-17(6-9-19)3-4-18-7-12-22-20(15-18)10-13-23(26)25(22)28/h2,5-15H,1H3. The number of halogens is 3. The zero-order chi connectivity index (χ0) is 19.7. The van der Waals surface area contributed by atoms with Crippen molar-refractivity contribution >= 4 is 10.8 Å². The number of aryl methyl sites for hydroxylation is 1. The van der Waals surface area contributed by atoms with Crippen LogP contribution in [-0.4, -0.2) is 0 Å². The van der Waals surface area contributed by atoms with Crippen molar-refractivity contribution in [2.45, 2.75) is 6.92 Å². The van der Waals surface area contributed by atoms with Crippen molar-refractivity contribution in [2.75, 3.05) is 0 Å². The van der Waals surface area contributed by atoms with Crippen LogP contribution in [0.15, 0.2) is 72.8 Å². The maximum absolute atomic E-state index is 14.1. The average molecular weight is 372 g/mol. The summed E-state index contributed by atoms with van der Waals surface area (Å²) in [4.78, 5) is 0. The smallest absolute Gasteiger partial charge is 0.166 e. The van der Waals surface area contributed by atoms with Crippen molar-refractivity contribution in [3.63, 3.8) is 0 Å². The monoisotopic (exact) mass is 372 g/mol. The largest absolute Gasteiger partial charge is 0.206 e. The molecule has 0 saturated heterocycles. The minimum Gasteiger partial charge on any atom is -0.206 e. The van der Waals surface area contributed by atoms with Crippen LogP contribution in [0.25, 0.3) is 21.9 Å². The van der Waals surface area contributed by atoms with Gasteiger partial charge in [-0.1, -0.05) is 48.2 Å². The van der Waals surface area contributed by atoms with Gasteiger partial charge in [-0.25, -0.2) is 13.2 Å². The van der Waals surface area contributed by atoms with Crippen LogP contribution < -0.4 is 0 Å². The van der Waals surface area contributed by atoms with Gasteiger partial charge in [-0.15, -0.1) is 0 Å². The maximum Gasteiger partial charge on any atom is 0.166 e. The third-order valence-electron chi connectivity index (χ3n) is 4.58. The zero-order valence-electron chi connectivity index (χ0n) is 15.1. The van der Waals surface area contributed by atoms with Crippen molar-refractivity contribution in [3.05, 3.63) is 107 Å². The number of benzene rings is 4. The van der Waals surface area contributed by atoms with Gasteiger partial charge >= 0.3 is 0 Å². The molecule has 0 saturated carbocycles. The van der Waals surface area contributed by atoms with Crippen LogP contribution in [0, 0.1) is 36.2 Å². The Balaban J connectivity index is 1.61. The van der Waals surface area contributed by atoms with Crippen LogP contribution in [-0.2, 0) is 0 Å². The van der Waals surface area contributed by atoms with Gasteiger partial charge in [0.2, 0.25) is 0 Å². The predicted molar refractivity (Wildman–Crippen MR) is 106 cm³/mol. The molecule has 4 aromatic carbocycles. The molecule has 28 heavy (non-hydrogen) atoms. The molecule has 0 bridgehead atoms. The number of rotatable bonds is 1. The molecule has 0 atom stereocenters. The van der Waals surface area contributed by atoms with E-state index in [1.807, 2.05) is 37.3 Å². The molecule has 0 aliphatic heterocycles. The average Bonchev–Trinajstić information content (AvgIpc) is 2.70. The minimum absolute atomic E-state index is 0.232. The van der Waals surface area contributed by atoms with E-state index in [4.69, 9.17) is 0 Å². The summed E-state index contributed by atoms with van der Waals surface area (Å²) >= 11 is 0. The molecule has 4 rings (SSSR count). The molecule has 0 fully saturated rings. The quantitative estimate of drug-likeness (QED) is 0.329. The third-order valence-corrected chi connectivity index (χ3v) is 4.58. The van der Waals surface area contributed by atoms with Gasteiger partial charge in [0.05, 0.1) is 0 Å². The van der Waals surface area contributed by atoms with E-state index < -0.39 is 11.6 Å². The molecule has 0 aliphatic rings. The van der Waals surface area contributed by atoms with Crippen LogP contribution in [0.5, 0.6) is 0 Å². The molecule has 3 heteroatoms. The topological polar surface area (TPSA) is 0 Å². The molecule has 0 nitrogen and oxygen atoms in total. The lowest BCUT2D eigenvalue weighted by molar-refractivity contribution is 0.517. The molecular weight excluding hydrogens is 357 g/mol. The Morgan fingerprint density at radius 2 is 1.36 bits per heavy atom. The molecule has 0 spiro atoms. The fraction of sp³-hybridized carbons (Fsp3) is 0.0400. The fourth-order valence-corrected chi connectivity index (χ4v) is 3.07. The molecule has 4 aromatic rings. The zero-order valence-corrected chi connectivity index (χ0v) is 15.1. The molecule has 0 unspecified atom stereocenters. The number of hydrogen-bond acceptors (Lipinski definition) is 0. The van der Waals surface area contributed by atoms with E-state index in [2.05, 4.69) is 11.8 Å². The highest BCUT2D eigenvalue weighted by molar-refractivity contribution is 5.84. The van der Waals surface area contributed by atoms with Gasteiger partial charge in [0.25, 0.3) is 0 Å². The first-order valence-corrected chi connectivity index (χ1v) is 8.78. The highest BCUT2D eigenvalue weighted by Crippen LogP contribution is 2.24. The summed E-state index contributed by atoms with van der Waals surface area (Å²) in [5.74, 6) is 4.10. The van der Waals surface area contributed by atoms with Crippen LogP contribution in [0.1, 0.15) is 16.7 Å². The van der Waals surface area contributed by atoms with Gasteiger partial charge in [-0.05, 0) is 59.8 Å². The Labute approximate surface area is 161 Å².